The lowest BCUT2D eigenvalue weighted by molar-refractivity contribution is 0.496. The Hall–Kier alpha value is 0.0500. The van der Waals surface area contributed by atoms with E-state index >= 15 is 0 Å². The standard InChI is InChI=1S/C13H19BrS/c1-10-5-6-11(2)12(7-10)15-9-13(3,4)8-14/h5-7H,8-9H2,1-4H3. The van der Waals surface area contributed by atoms with Crippen molar-refractivity contribution in [1.82, 2.24) is 0 Å². The van der Waals surface area contributed by atoms with Crippen LogP contribution in [0.3, 0.4) is 0 Å². The van der Waals surface area contributed by atoms with Crippen LogP contribution in [0.15, 0.2) is 23.1 Å². The minimum absolute atomic E-state index is 0.362. The Balaban J connectivity index is 2.69. The highest BCUT2D eigenvalue weighted by Crippen LogP contribution is 2.31. The second-order valence-corrected chi connectivity index (χ2v) is 6.43. The van der Waals surface area contributed by atoms with Crippen molar-refractivity contribution >= 4 is 27.7 Å². The van der Waals surface area contributed by atoms with E-state index in [1.165, 1.54) is 16.0 Å². The quantitative estimate of drug-likeness (QED) is 0.565. The molecule has 0 aliphatic heterocycles. The molecule has 0 saturated heterocycles. The van der Waals surface area contributed by atoms with Crippen LogP contribution in [0.5, 0.6) is 0 Å². The van der Waals surface area contributed by atoms with Gasteiger partial charge in [-0.15, -0.1) is 11.8 Å². The van der Waals surface area contributed by atoms with Crippen LogP contribution in [0.1, 0.15) is 25.0 Å². The van der Waals surface area contributed by atoms with Crippen LogP contribution < -0.4 is 0 Å². The van der Waals surface area contributed by atoms with Gasteiger partial charge >= 0.3 is 0 Å². The van der Waals surface area contributed by atoms with E-state index in [1.54, 1.807) is 0 Å². The maximum Gasteiger partial charge on any atom is 0.0104 e. The van der Waals surface area contributed by atoms with Crippen LogP contribution in [0.2, 0.25) is 0 Å². The van der Waals surface area contributed by atoms with Gasteiger partial charge in [0.15, 0.2) is 0 Å². The summed E-state index contributed by atoms with van der Waals surface area (Å²) < 4.78 is 0. The fourth-order valence-electron chi connectivity index (χ4n) is 1.17. The molecule has 1 aromatic rings. The van der Waals surface area contributed by atoms with Crippen molar-refractivity contribution in [2.24, 2.45) is 5.41 Å². The molecule has 0 heterocycles. The maximum atomic E-state index is 3.56. The topological polar surface area (TPSA) is 0 Å². The summed E-state index contributed by atoms with van der Waals surface area (Å²) >= 11 is 5.53. The summed E-state index contributed by atoms with van der Waals surface area (Å²) in [5.74, 6) is 1.16. The molecule has 15 heavy (non-hydrogen) atoms. The number of alkyl halides is 1. The summed E-state index contributed by atoms with van der Waals surface area (Å²) in [7, 11) is 0. The summed E-state index contributed by atoms with van der Waals surface area (Å²) in [5.41, 5.74) is 3.09. The molecule has 84 valence electrons. The Morgan fingerprint density at radius 3 is 2.53 bits per heavy atom. The molecule has 1 rings (SSSR count). The first kappa shape index (κ1) is 13.1. The molecule has 0 N–H and O–H groups in total. The zero-order valence-corrected chi connectivity index (χ0v) is 12.3. The van der Waals surface area contributed by atoms with Crippen LogP contribution >= 0.6 is 27.7 Å². The SMILES string of the molecule is Cc1ccc(C)c(SCC(C)(C)CBr)c1. The Bertz CT molecular complexity index is 331. The largest absolute Gasteiger partial charge is 0.125 e. The normalized spacial score (nSPS) is 11.8. The van der Waals surface area contributed by atoms with E-state index in [0.717, 1.165) is 11.1 Å². The van der Waals surface area contributed by atoms with Crippen molar-refractivity contribution < 1.29 is 0 Å². The van der Waals surface area contributed by atoms with E-state index in [2.05, 4.69) is 61.8 Å². The Morgan fingerprint density at radius 1 is 1.27 bits per heavy atom. The highest BCUT2D eigenvalue weighted by molar-refractivity contribution is 9.09. The van der Waals surface area contributed by atoms with E-state index in [1.807, 2.05) is 11.8 Å². The molecule has 0 aliphatic carbocycles. The molecule has 2 heteroatoms. The van der Waals surface area contributed by atoms with Gasteiger partial charge in [-0.1, -0.05) is 47.5 Å². The molecule has 0 nitrogen and oxygen atoms in total. The zero-order valence-electron chi connectivity index (χ0n) is 9.93. The zero-order chi connectivity index (χ0) is 11.5. The molecule has 0 fully saturated rings. The summed E-state index contributed by atoms with van der Waals surface area (Å²) in [6.07, 6.45) is 0. The lowest BCUT2D eigenvalue weighted by Crippen LogP contribution is -2.16. The lowest BCUT2D eigenvalue weighted by Gasteiger charge is -2.21. The molecular formula is C13H19BrS. The molecule has 0 spiro atoms. The average Bonchev–Trinajstić information content (AvgIpc) is 2.20. The third-order valence-corrected chi connectivity index (χ3v) is 5.52. The fourth-order valence-corrected chi connectivity index (χ4v) is 2.85. The van der Waals surface area contributed by atoms with Gasteiger partial charge in [-0.05, 0) is 30.9 Å². The summed E-state index contributed by atoms with van der Waals surface area (Å²) in [4.78, 5) is 1.42. The van der Waals surface area contributed by atoms with Gasteiger partial charge in [-0.3, -0.25) is 0 Å². The number of hydrogen-bond donors (Lipinski definition) is 0. The fraction of sp³-hybridized carbons (Fsp3) is 0.538. The summed E-state index contributed by atoms with van der Waals surface area (Å²) in [5, 5.41) is 1.05. The number of hydrogen-bond acceptors (Lipinski definition) is 1. The molecule has 0 radical (unpaired) electrons. The van der Waals surface area contributed by atoms with Crippen molar-refractivity contribution in [3.63, 3.8) is 0 Å². The summed E-state index contributed by atoms with van der Waals surface area (Å²) in [6.45, 7) is 8.92. The molecule has 0 saturated carbocycles. The smallest absolute Gasteiger partial charge is 0.0104 e. The highest BCUT2D eigenvalue weighted by Gasteiger charge is 2.16. The molecule has 1 aromatic carbocycles. The Morgan fingerprint density at radius 2 is 1.93 bits per heavy atom. The molecule has 0 bridgehead atoms. The van der Waals surface area contributed by atoms with Gasteiger partial charge < -0.3 is 0 Å². The predicted octanol–water partition coefficient (Wildman–Crippen LogP) is 4.82. The van der Waals surface area contributed by atoms with Gasteiger partial charge in [0.25, 0.3) is 0 Å². The van der Waals surface area contributed by atoms with Gasteiger partial charge in [-0.25, -0.2) is 0 Å². The Labute approximate surface area is 106 Å². The van der Waals surface area contributed by atoms with Crippen LogP contribution in [0, 0.1) is 19.3 Å². The van der Waals surface area contributed by atoms with E-state index in [-0.39, 0.29) is 0 Å². The molecule has 0 amide bonds. The van der Waals surface area contributed by atoms with Crippen molar-refractivity contribution in [1.29, 1.82) is 0 Å². The Kier molecular flexibility index (Phi) is 4.72. The first-order valence-electron chi connectivity index (χ1n) is 5.21. The van der Waals surface area contributed by atoms with E-state index in [0.29, 0.717) is 5.41 Å². The second-order valence-electron chi connectivity index (χ2n) is 4.86. The van der Waals surface area contributed by atoms with Crippen molar-refractivity contribution in [3.05, 3.63) is 29.3 Å². The van der Waals surface area contributed by atoms with Gasteiger partial charge in [0.1, 0.15) is 0 Å². The third kappa shape index (κ3) is 4.20. The van der Waals surface area contributed by atoms with Crippen LogP contribution in [0.4, 0.5) is 0 Å². The minimum atomic E-state index is 0.362. The molecular weight excluding hydrogens is 268 g/mol. The molecule has 0 aromatic heterocycles. The number of halogens is 1. The molecule has 0 atom stereocenters. The number of benzene rings is 1. The van der Waals surface area contributed by atoms with E-state index < -0.39 is 0 Å². The van der Waals surface area contributed by atoms with Crippen molar-refractivity contribution in [2.75, 3.05) is 11.1 Å². The van der Waals surface area contributed by atoms with Crippen LogP contribution in [0.25, 0.3) is 0 Å². The van der Waals surface area contributed by atoms with Gasteiger partial charge in [0.05, 0.1) is 0 Å². The number of aryl methyl sites for hydroxylation is 2. The third-order valence-electron chi connectivity index (χ3n) is 2.32. The summed E-state index contributed by atoms with van der Waals surface area (Å²) in [6, 6.07) is 6.66. The van der Waals surface area contributed by atoms with E-state index in [4.69, 9.17) is 0 Å². The predicted molar refractivity (Wildman–Crippen MR) is 74.2 cm³/mol. The second kappa shape index (κ2) is 5.40. The van der Waals surface area contributed by atoms with Crippen molar-refractivity contribution in [2.45, 2.75) is 32.6 Å². The monoisotopic (exact) mass is 286 g/mol. The van der Waals surface area contributed by atoms with Crippen LogP contribution in [-0.2, 0) is 0 Å². The number of rotatable bonds is 4. The molecule has 0 aliphatic rings. The average molecular weight is 287 g/mol. The minimum Gasteiger partial charge on any atom is -0.125 e. The highest BCUT2D eigenvalue weighted by atomic mass is 79.9. The first-order chi connectivity index (χ1) is 6.94. The lowest BCUT2D eigenvalue weighted by atomic mass is 10.0. The van der Waals surface area contributed by atoms with Crippen LogP contribution in [-0.4, -0.2) is 11.1 Å². The van der Waals surface area contributed by atoms with Gasteiger partial charge in [0.2, 0.25) is 0 Å². The van der Waals surface area contributed by atoms with Gasteiger partial charge in [0, 0.05) is 16.0 Å². The number of thioether (sulfide) groups is 1. The van der Waals surface area contributed by atoms with Gasteiger partial charge in [-0.2, -0.15) is 0 Å². The first-order valence-corrected chi connectivity index (χ1v) is 7.31. The van der Waals surface area contributed by atoms with E-state index in [9.17, 15) is 0 Å². The molecule has 0 unspecified atom stereocenters. The van der Waals surface area contributed by atoms with Crippen molar-refractivity contribution in [3.8, 4) is 0 Å². The maximum absolute atomic E-state index is 3.56.